The molecule has 6 rings (SSSR count). The molecular weight excluding hydrogens is 721 g/mol. The molecule has 3 saturated heterocycles. The molecule has 13 heteroatoms. The average molecular weight is 775 g/mol. The van der Waals surface area contributed by atoms with Crippen molar-refractivity contribution in [2.75, 3.05) is 52.4 Å². The molecule has 296 valence electrons. The molecule has 1 aromatic heterocycles. The SMILES string of the molecule is O=C(O)C(Cc1cccc(CC(=O)N(CCOc2cccc(CC(C(=O)O)C3CCNC3)c2)Cc2cc(CC(C(=O)O)C3CCNC3)cs2)c1)C1CCNC1. The Morgan fingerprint density at radius 3 is 1.73 bits per heavy atom. The molecule has 12 nitrogen and oxygen atoms in total. The zero-order chi connectivity index (χ0) is 38.7. The maximum Gasteiger partial charge on any atom is 0.307 e. The standard InChI is InChI=1S/C42H54N4O8S/c47-39(21-28-4-1-3-27(15-28)18-36(40(48)49)31-7-10-43-22-31)46(25-35-17-30(26-55-35)20-38(42(52)53)33-9-12-45-24-33)13-14-54-34-6-2-5-29(16-34)19-37(41(50)51)32-8-11-44-23-32/h1-6,15-17,26,31-33,36-38,43-45H,7-14,18-25H2,(H,48,49)(H,50,51)(H,52,53). The molecule has 0 aliphatic carbocycles. The number of hydrogen-bond acceptors (Lipinski definition) is 9. The van der Waals surface area contributed by atoms with Crippen molar-refractivity contribution in [1.29, 1.82) is 0 Å². The Labute approximate surface area is 326 Å². The van der Waals surface area contributed by atoms with Crippen molar-refractivity contribution in [3.8, 4) is 5.75 Å². The summed E-state index contributed by atoms with van der Waals surface area (Å²) in [5.41, 5.74) is 3.53. The summed E-state index contributed by atoms with van der Waals surface area (Å²) in [4.78, 5) is 53.2. The molecule has 6 unspecified atom stereocenters. The minimum Gasteiger partial charge on any atom is -0.492 e. The zero-order valence-corrected chi connectivity index (χ0v) is 32.1. The van der Waals surface area contributed by atoms with Crippen LogP contribution in [0.2, 0.25) is 0 Å². The van der Waals surface area contributed by atoms with Gasteiger partial charge in [0.2, 0.25) is 5.91 Å². The topological polar surface area (TPSA) is 178 Å². The van der Waals surface area contributed by atoms with Crippen LogP contribution in [0.1, 0.15) is 46.4 Å². The number of carboxylic acid groups (broad SMARTS) is 3. The molecule has 1 amide bonds. The van der Waals surface area contributed by atoms with Gasteiger partial charge in [-0.25, -0.2) is 0 Å². The number of thiophene rings is 1. The van der Waals surface area contributed by atoms with Crippen LogP contribution < -0.4 is 20.7 Å². The van der Waals surface area contributed by atoms with Crippen LogP contribution in [-0.2, 0) is 51.4 Å². The fourth-order valence-electron chi connectivity index (χ4n) is 8.48. The molecule has 6 atom stereocenters. The van der Waals surface area contributed by atoms with E-state index in [4.69, 9.17) is 4.74 Å². The third-order valence-electron chi connectivity index (χ3n) is 11.6. The van der Waals surface area contributed by atoms with Crippen LogP contribution in [-0.4, -0.2) is 96.5 Å². The summed E-state index contributed by atoms with van der Waals surface area (Å²) in [6.45, 7) is 5.42. The van der Waals surface area contributed by atoms with Crippen molar-refractivity contribution >= 4 is 35.2 Å². The number of ether oxygens (including phenoxy) is 1. The number of nitrogens with zero attached hydrogens (tertiary/aromatic N) is 1. The van der Waals surface area contributed by atoms with E-state index in [9.17, 15) is 34.5 Å². The quantitative estimate of drug-likeness (QED) is 0.0980. The smallest absolute Gasteiger partial charge is 0.307 e. The number of hydrogen-bond donors (Lipinski definition) is 6. The normalized spacial score (nSPS) is 21.2. The maximum absolute atomic E-state index is 14.1. The van der Waals surface area contributed by atoms with Crippen LogP contribution in [0.4, 0.5) is 0 Å². The van der Waals surface area contributed by atoms with Gasteiger partial charge >= 0.3 is 17.9 Å². The molecule has 0 saturated carbocycles. The largest absolute Gasteiger partial charge is 0.492 e. The second-order valence-electron chi connectivity index (χ2n) is 15.4. The predicted octanol–water partition coefficient (Wildman–Crippen LogP) is 3.96. The monoisotopic (exact) mass is 774 g/mol. The van der Waals surface area contributed by atoms with E-state index in [-0.39, 0.29) is 36.7 Å². The van der Waals surface area contributed by atoms with E-state index in [1.54, 1.807) is 4.90 Å². The third-order valence-corrected chi connectivity index (χ3v) is 12.6. The average Bonchev–Trinajstić information content (AvgIpc) is 4.01. The number of aliphatic carboxylic acids is 3. The van der Waals surface area contributed by atoms with Crippen LogP contribution >= 0.6 is 11.3 Å². The van der Waals surface area contributed by atoms with E-state index in [1.165, 1.54) is 11.3 Å². The van der Waals surface area contributed by atoms with E-state index in [0.29, 0.717) is 57.7 Å². The molecule has 2 aromatic carbocycles. The van der Waals surface area contributed by atoms with Crippen molar-refractivity contribution in [2.24, 2.45) is 35.5 Å². The second-order valence-corrected chi connectivity index (χ2v) is 16.4. The first-order valence-electron chi connectivity index (χ1n) is 19.6. The minimum atomic E-state index is -0.801. The lowest BCUT2D eigenvalue weighted by molar-refractivity contribution is -0.144. The molecule has 0 bridgehead atoms. The predicted molar refractivity (Wildman–Crippen MR) is 209 cm³/mol. The Morgan fingerprint density at radius 2 is 1.20 bits per heavy atom. The van der Waals surface area contributed by atoms with E-state index in [1.807, 2.05) is 60.0 Å². The summed E-state index contributed by atoms with van der Waals surface area (Å²) in [5, 5.41) is 41.7. The number of amides is 1. The van der Waals surface area contributed by atoms with Crippen LogP contribution in [0.25, 0.3) is 0 Å². The number of carbonyl (C=O) groups is 4. The van der Waals surface area contributed by atoms with Crippen LogP contribution in [0.5, 0.6) is 5.75 Å². The van der Waals surface area contributed by atoms with Crippen LogP contribution in [0.15, 0.2) is 60.0 Å². The van der Waals surface area contributed by atoms with Crippen molar-refractivity contribution in [3.63, 3.8) is 0 Å². The molecule has 3 aliphatic heterocycles. The lowest BCUT2D eigenvalue weighted by Crippen LogP contribution is -2.35. The summed E-state index contributed by atoms with van der Waals surface area (Å²) in [6.07, 6.45) is 3.89. The van der Waals surface area contributed by atoms with E-state index in [0.717, 1.165) is 66.0 Å². The molecule has 3 aromatic rings. The van der Waals surface area contributed by atoms with Gasteiger partial charge in [0, 0.05) is 4.88 Å². The highest BCUT2D eigenvalue weighted by Crippen LogP contribution is 2.29. The Balaban J connectivity index is 1.13. The van der Waals surface area contributed by atoms with Crippen molar-refractivity contribution in [3.05, 3.63) is 87.1 Å². The Bertz CT molecular complexity index is 1760. The van der Waals surface area contributed by atoms with Gasteiger partial charge in [-0.2, -0.15) is 0 Å². The lowest BCUT2D eigenvalue weighted by Gasteiger charge is -2.23. The van der Waals surface area contributed by atoms with Gasteiger partial charge in [-0.05, 0) is 141 Å². The first-order valence-corrected chi connectivity index (χ1v) is 20.4. The van der Waals surface area contributed by atoms with Gasteiger partial charge in [0.25, 0.3) is 0 Å². The van der Waals surface area contributed by atoms with Crippen LogP contribution in [0, 0.1) is 35.5 Å². The highest BCUT2D eigenvalue weighted by molar-refractivity contribution is 7.10. The minimum absolute atomic E-state index is 0.0680. The number of rotatable bonds is 20. The Morgan fingerprint density at radius 1 is 0.691 bits per heavy atom. The Hall–Kier alpha value is -4.30. The lowest BCUT2D eigenvalue weighted by atomic mass is 9.86. The molecule has 4 heterocycles. The number of carbonyl (C=O) groups excluding carboxylic acids is 1. The third kappa shape index (κ3) is 11.4. The molecule has 3 fully saturated rings. The summed E-state index contributed by atoms with van der Waals surface area (Å²) < 4.78 is 6.18. The summed E-state index contributed by atoms with van der Waals surface area (Å²) in [7, 11) is 0. The summed E-state index contributed by atoms with van der Waals surface area (Å²) in [6, 6.07) is 17.2. The number of carboxylic acids is 3. The maximum atomic E-state index is 14.1. The molecule has 0 radical (unpaired) electrons. The van der Waals surface area contributed by atoms with Gasteiger partial charge in [0.05, 0.1) is 37.3 Å². The first-order chi connectivity index (χ1) is 26.6. The van der Waals surface area contributed by atoms with Gasteiger partial charge in [0.15, 0.2) is 0 Å². The van der Waals surface area contributed by atoms with Crippen molar-refractivity contribution in [2.45, 2.75) is 51.5 Å². The fraction of sp³-hybridized carbons (Fsp3) is 0.524. The summed E-state index contributed by atoms with van der Waals surface area (Å²) in [5.74, 6) is -3.10. The number of nitrogens with one attached hydrogen (secondary N) is 3. The molecule has 3 aliphatic rings. The van der Waals surface area contributed by atoms with Gasteiger partial charge in [-0.15, -0.1) is 11.3 Å². The van der Waals surface area contributed by atoms with E-state index >= 15 is 0 Å². The van der Waals surface area contributed by atoms with Gasteiger partial charge in [-0.1, -0.05) is 36.4 Å². The molecule has 55 heavy (non-hydrogen) atoms. The zero-order valence-electron chi connectivity index (χ0n) is 31.3. The molecule has 6 N–H and O–H groups in total. The second kappa shape index (κ2) is 19.5. The van der Waals surface area contributed by atoms with Crippen LogP contribution in [0.3, 0.4) is 0 Å². The molecular formula is C42H54N4O8S. The van der Waals surface area contributed by atoms with Gasteiger partial charge in [0.1, 0.15) is 12.4 Å². The number of benzene rings is 2. The van der Waals surface area contributed by atoms with Gasteiger partial charge < -0.3 is 40.9 Å². The molecule has 0 spiro atoms. The fourth-order valence-corrected chi connectivity index (χ4v) is 9.39. The summed E-state index contributed by atoms with van der Waals surface area (Å²) >= 11 is 1.52. The highest BCUT2D eigenvalue weighted by atomic mass is 32.1. The van der Waals surface area contributed by atoms with Crippen molar-refractivity contribution in [1.82, 2.24) is 20.9 Å². The Kier molecular flexibility index (Phi) is 14.3. The van der Waals surface area contributed by atoms with E-state index in [2.05, 4.69) is 16.0 Å². The van der Waals surface area contributed by atoms with Gasteiger partial charge in [-0.3, -0.25) is 19.2 Å². The van der Waals surface area contributed by atoms with E-state index < -0.39 is 35.7 Å². The first kappa shape index (κ1) is 40.4. The highest BCUT2D eigenvalue weighted by Gasteiger charge is 2.33. The van der Waals surface area contributed by atoms with Crippen molar-refractivity contribution < 1.29 is 39.2 Å².